The van der Waals surface area contributed by atoms with Crippen molar-refractivity contribution < 1.29 is 14.7 Å². The zero-order chi connectivity index (χ0) is 17.8. The van der Waals surface area contributed by atoms with Crippen LogP contribution in [-0.4, -0.2) is 17.0 Å². The largest absolute Gasteiger partial charge is 0.481 e. The molecule has 4 nitrogen and oxygen atoms in total. The maximum atomic E-state index is 12.0. The van der Waals surface area contributed by atoms with E-state index < -0.39 is 11.9 Å². The highest BCUT2D eigenvalue weighted by molar-refractivity contribution is 7.14. The molecule has 3 rings (SSSR count). The lowest BCUT2D eigenvalue weighted by Crippen LogP contribution is -2.22. The van der Waals surface area contributed by atoms with Gasteiger partial charge in [0, 0.05) is 12.6 Å². The minimum atomic E-state index is -0.763. The normalized spacial score (nSPS) is 15.9. The molecule has 132 valence electrons. The van der Waals surface area contributed by atoms with Crippen molar-refractivity contribution in [2.24, 2.45) is 5.92 Å². The van der Waals surface area contributed by atoms with E-state index in [-0.39, 0.29) is 5.91 Å². The van der Waals surface area contributed by atoms with Crippen LogP contribution in [0, 0.1) is 5.92 Å². The number of rotatable bonds is 6. The molecule has 0 bridgehead atoms. The third kappa shape index (κ3) is 4.10. The summed E-state index contributed by atoms with van der Waals surface area (Å²) in [5, 5.41) is 12.4. The SMILES string of the molecule is CC(=O)N(c1ccc(C(CC2CCCC2)C(=O)O)cc1)c1cccs1. The summed E-state index contributed by atoms with van der Waals surface area (Å²) in [6, 6.07) is 11.2. The van der Waals surface area contributed by atoms with Gasteiger partial charge in [-0.25, -0.2) is 0 Å². The molecule has 5 heteroatoms. The summed E-state index contributed by atoms with van der Waals surface area (Å²) in [5.74, 6) is -0.775. The summed E-state index contributed by atoms with van der Waals surface area (Å²) < 4.78 is 0. The minimum absolute atomic E-state index is 0.0593. The van der Waals surface area contributed by atoms with E-state index in [1.807, 2.05) is 41.8 Å². The van der Waals surface area contributed by atoms with Gasteiger partial charge in [0.15, 0.2) is 0 Å². The Kier molecular flexibility index (Phi) is 5.53. The van der Waals surface area contributed by atoms with Gasteiger partial charge < -0.3 is 5.11 Å². The summed E-state index contributed by atoms with van der Waals surface area (Å²) in [6.07, 6.45) is 5.40. The van der Waals surface area contributed by atoms with E-state index in [1.54, 1.807) is 4.90 Å². The summed E-state index contributed by atoms with van der Waals surface area (Å²) in [6.45, 7) is 1.54. The molecule has 1 aromatic carbocycles. The smallest absolute Gasteiger partial charge is 0.310 e. The van der Waals surface area contributed by atoms with E-state index in [9.17, 15) is 14.7 Å². The van der Waals surface area contributed by atoms with Crippen molar-refractivity contribution in [1.82, 2.24) is 0 Å². The minimum Gasteiger partial charge on any atom is -0.481 e. The van der Waals surface area contributed by atoms with Crippen LogP contribution in [0.2, 0.25) is 0 Å². The molecule has 0 spiro atoms. The molecule has 0 radical (unpaired) electrons. The number of hydrogen-bond donors (Lipinski definition) is 1. The number of carbonyl (C=O) groups is 2. The molecule has 0 aliphatic heterocycles. The summed E-state index contributed by atoms with van der Waals surface area (Å²) in [7, 11) is 0. The third-order valence-corrected chi connectivity index (χ3v) is 5.79. The molecular formula is C20H23NO3S. The van der Waals surface area contributed by atoms with Crippen LogP contribution < -0.4 is 4.90 Å². The first kappa shape index (κ1) is 17.7. The first-order valence-corrected chi connectivity index (χ1v) is 9.61. The highest BCUT2D eigenvalue weighted by Crippen LogP contribution is 2.36. The van der Waals surface area contributed by atoms with E-state index in [0.717, 1.165) is 29.1 Å². The van der Waals surface area contributed by atoms with E-state index in [0.29, 0.717) is 12.3 Å². The zero-order valence-corrected chi connectivity index (χ0v) is 15.2. The highest BCUT2D eigenvalue weighted by atomic mass is 32.1. The third-order valence-electron chi connectivity index (χ3n) is 4.94. The van der Waals surface area contributed by atoms with Crippen LogP contribution >= 0.6 is 11.3 Å². The van der Waals surface area contributed by atoms with Crippen LogP contribution in [0.1, 0.15) is 50.5 Å². The van der Waals surface area contributed by atoms with Crippen LogP contribution in [-0.2, 0) is 9.59 Å². The molecule has 1 atom stereocenters. The lowest BCUT2D eigenvalue weighted by atomic mass is 9.88. The van der Waals surface area contributed by atoms with Gasteiger partial charge >= 0.3 is 5.97 Å². The molecule has 1 saturated carbocycles. The Bertz CT molecular complexity index is 718. The highest BCUT2D eigenvalue weighted by Gasteiger charge is 2.26. The topological polar surface area (TPSA) is 57.6 Å². The number of nitrogens with zero attached hydrogens (tertiary/aromatic N) is 1. The second-order valence-corrected chi connectivity index (χ2v) is 7.60. The number of carboxylic acids is 1. The summed E-state index contributed by atoms with van der Waals surface area (Å²) >= 11 is 1.50. The van der Waals surface area contributed by atoms with Gasteiger partial charge in [-0.05, 0) is 47.5 Å². The molecule has 1 aliphatic rings. The number of hydrogen-bond acceptors (Lipinski definition) is 3. The number of thiophene rings is 1. The Morgan fingerprint density at radius 3 is 2.40 bits per heavy atom. The van der Waals surface area contributed by atoms with Gasteiger partial charge in [0.05, 0.1) is 5.92 Å². The second-order valence-electron chi connectivity index (χ2n) is 6.67. The lowest BCUT2D eigenvalue weighted by molar-refractivity contribution is -0.139. The second kappa shape index (κ2) is 7.83. The first-order valence-electron chi connectivity index (χ1n) is 8.73. The molecule has 1 aromatic heterocycles. The predicted octanol–water partition coefficient (Wildman–Crippen LogP) is 5.18. The van der Waals surface area contributed by atoms with Crippen molar-refractivity contribution in [3.63, 3.8) is 0 Å². The molecule has 1 aliphatic carbocycles. The number of anilines is 2. The van der Waals surface area contributed by atoms with Crippen LogP contribution in [0.5, 0.6) is 0 Å². The van der Waals surface area contributed by atoms with E-state index in [4.69, 9.17) is 0 Å². The molecule has 1 amide bonds. The Labute approximate surface area is 152 Å². The quantitative estimate of drug-likeness (QED) is 0.775. The number of carbonyl (C=O) groups excluding carboxylic acids is 1. The standard InChI is InChI=1S/C20H23NO3S/c1-14(22)21(19-7-4-12-25-19)17-10-8-16(9-11-17)18(20(23)24)13-15-5-2-3-6-15/h4,7-12,15,18H,2-3,5-6,13H2,1H3,(H,23,24). The van der Waals surface area contributed by atoms with Gasteiger partial charge in [-0.1, -0.05) is 37.8 Å². The van der Waals surface area contributed by atoms with Crippen LogP contribution in [0.15, 0.2) is 41.8 Å². The van der Waals surface area contributed by atoms with Gasteiger partial charge in [0.25, 0.3) is 0 Å². The summed E-state index contributed by atoms with van der Waals surface area (Å²) in [5.41, 5.74) is 1.58. The van der Waals surface area contributed by atoms with E-state index in [2.05, 4.69) is 0 Å². The monoisotopic (exact) mass is 357 g/mol. The first-order chi connectivity index (χ1) is 12.1. The molecule has 1 heterocycles. The summed E-state index contributed by atoms with van der Waals surface area (Å²) in [4.78, 5) is 25.4. The van der Waals surface area contributed by atoms with Crippen LogP contribution in [0.25, 0.3) is 0 Å². The fourth-order valence-corrected chi connectivity index (χ4v) is 4.47. The van der Waals surface area contributed by atoms with Crippen molar-refractivity contribution in [1.29, 1.82) is 0 Å². The number of benzene rings is 1. The van der Waals surface area contributed by atoms with Gasteiger partial charge in [-0.15, -0.1) is 11.3 Å². The van der Waals surface area contributed by atoms with Gasteiger partial charge in [0.1, 0.15) is 5.00 Å². The Hall–Kier alpha value is -2.14. The number of amides is 1. The Morgan fingerprint density at radius 1 is 1.20 bits per heavy atom. The average molecular weight is 357 g/mol. The van der Waals surface area contributed by atoms with Gasteiger partial charge in [0.2, 0.25) is 5.91 Å². The fraction of sp³-hybridized carbons (Fsp3) is 0.400. The predicted molar refractivity (Wildman–Crippen MR) is 101 cm³/mol. The molecular weight excluding hydrogens is 334 g/mol. The van der Waals surface area contributed by atoms with Crippen molar-refractivity contribution in [2.75, 3.05) is 4.90 Å². The number of aliphatic carboxylic acids is 1. The molecule has 0 saturated heterocycles. The molecule has 2 aromatic rings. The average Bonchev–Trinajstić information content (AvgIpc) is 3.27. The van der Waals surface area contributed by atoms with Gasteiger partial charge in [-0.3, -0.25) is 14.5 Å². The maximum Gasteiger partial charge on any atom is 0.310 e. The van der Waals surface area contributed by atoms with Crippen LogP contribution in [0.4, 0.5) is 10.7 Å². The molecule has 1 unspecified atom stereocenters. The molecule has 1 N–H and O–H groups in total. The zero-order valence-electron chi connectivity index (χ0n) is 14.4. The maximum absolute atomic E-state index is 12.0. The Morgan fingerprint density at radius 2 is 1.88 bits per heavy atom. The van der Waals surface area contributed by atoms with E-state index >= 15 is 0 Å². The molecule has 25 heavy (non-hydrogen) atoms. The van der Waals surface area contributed by atoms with Gasteiger partial charge in [-0.2, -0.15) is 0 Å². The van der Waals surface area contributed by atoms with Crippen molar-refractivity contribution in [2.45, 2.75) is 44.9 Å². The van der Waals surface area contributed by atoms with Crippen molar-refractivity contribution >= 4 is 33.9 Å². The van der Waals surface area contributed by atoms with Crippen molar-refractivity contribution in [3.8, 4) is 0 Å². The fourth-order valence-electron chi connectivity index (χ4n) is 3.68. The van der Waals surface area contributed by atoms with Crippen LogP contribution in [0.3, 0.4) is 0 Å². The van der Waals surface area contributed by atoms with E-state index in [1.165, 1.54) is 31.1 Å². The number of carboxylic acid groups (broad SMARTS) is 1. The molecule has 1 fully saturated rings. The Balaban J connectivity index is 1.81. The lowest BCUT2D eigenvalue weighted by Gasteiger charge is -2.21. The van der Waals surface area contributed by atoms with Crippen molar-refractivity contribution in [3.05, 3.63) is 47.3 Å².